The van der Waals surface area contributed by atoms with E-state index in [0.717, 1.165) is 15.8 Å². The number of nitrogens with one attached hydrogen (secondary N) is 1. The van der Waals surface area contributed by atoms with Gasteiger partial charge in [-0.05, 0) is 36.2 Å². The van der Waals surface area contributed by atoms with Crippen molar-refractivity contribution in [1.82, 2.24) is 5.43 Å². The third-order valence-corrected chi connectivity index (χ3v) is 5.05. The lowest BCUT2D eigenvalue weighted by atomic mass is 10.1. The number of rotatable bonds is 7. The molecule has 0 radical (unpaired) electrons. The zero-order chi connectivity index (χ0) is 18.2. The van der Waals surface area contributed by atoms with E-state index < -0.39 is 4.92 Å². The third kappa shape index (κ3) is 5.99. The number of thioether (sulfide) groups is 1. The normalized spacial score (nSPS) is 11.2. The molecule has 0 saturated heterocycles. The van der Waals surface area contributed by atoms with E-state index >= 15 is 0 Å². The average molecular weight is 422 g/mol. The molecular formula is C17H16BrN3O3S. The molecule has 0 fully saturated rings. The van der Waals surface area contributed by atoms with E-state index in [2.05, 4.69) is 26.5 Å². The van der Waals surface area contributed by atoms with Crippen LogP contribution in [0.15, 0.2) is 58.1 Å². The van der Waals surface area contributed by atoms with E-state index in [4.69, 9.17) is 0 Å². The highest BCUT2D eigenvalue weighted by Crippen LogP contribution is 2.21. The molecule has 2 aromatic rings. The Morgan fingerprint density at radius 1 is 1.24 bits per heavy atom. The number of nitro groups is 1. The Morgan fingerprint density at radius 2 is 1.92 bits per heavy atom. The molecule has 1 amide bonds. The number of nitro benzene ring substituents is 1. The second kappa shape index (κ2) is 9.33. The maximum atomic E-state index is 11.9. The van der Waals surface area contributed by atoms with Crippen molar-refractivity contribution in [3.05, 3.63) is 74.2 Å². The molecular weight excluding hydrogens is 406 g/mol. The van der Waals surface area contributed by atoms with Gasteiger partial charge in [-0.15, -0.1) is 11.8 Å². The van der Waals surface area contributed by atoms with Crippen LogP contribution in [0, 0.1) is 10.1 Å². The number of hydrogen-bond donors (Lipinski definition) is 1. The summed E-state index contributed by atoms with van der Waals surface area (Å²) in [5.41, 5.74) is 4.95. The lowest BCUT2D eigenvalue weighted by Crippen LogP contribution is -2.21. The first-order valence-electron chi connectivity index (χ1n) is 7.36. The van der Waals surface area contributed by atoms with Gasteiger partial charge in [0.25, 0.3) is 5.69 Å². The molecule has 1 N–H and O–H groups in total. The largest absolute Gasteiger partial charge is 0.272 e. The number of hydrogen-bond acceptors (Lipinski definition) is 5. The van der Waals surface area contributed by atoms with Crippen LogP contribution in [0.4, 0.5) is 5.69 Å². The number of non-ortho nitro benzene ring substituents is 1. The maximum Gasteiger partial charge on any atom is 0.269 e. The fourth-order valence-electron chi connectivity index (χ4n) is 1.94. The minimum atomic E-state index is -0.458. The van der Waals surface area contributed by atoms with Gasteiger partial charge in [-0.2, -0.15) is 5.10 Å². The Labute approximate surface area is 158 Å². The van der Waals surface area contributed by atoms with Crippen LogP contribution in [0.1, 0.15) is 18.1 Å². The van der Waals surface area contributed by atoms with Crippen molar-refractivity contribution in [1.29, 1.82) is 0 Å². The molecule has 0 bridgehead atoms. The summed E-state index contributed by atoms with van der Waals surface area (Å²) in [6.45, 7) is 1.73. The molecule has 0 heterocycles. The van der Waals surface area contributed by atoms with E-state index in [1.165, 1.54) is 23.9 Å². The zero-order valence-electron chi connectivity index (χ0n) is 13.4. The number of halogens is 1. The molecule has 8 heteroatoms. The predicted octanol–water partition coefficient (Wildman–Crippen LogP) is 4.13. The first kappa shape index (κ1) is 19.1. The van der Waals surface area contributed by atoms with Gasteiger partial charge >= 0.3 is 0 Å². The Kier molecular flexibility index (Phi) is 7.15. The number of carbonyl (C=O) groups excluding carboxylic acids is 1. The molecule has 0 atom stereocenters. The van der Waals surface area contributed by atoms with Crippen LogP contribution < -0.4 is 5.43 Å². The van der Waals surface area contributed by atoms with Crippen LogP contribution >= 0.6 is 27.7 Å². The van der Waals surface area contributed by atoms with E-state index in [1.54, 1.807) is 19.1 Å². The van der Waals surface area contributed by atoms with Crippen molar-refractivity contribution in [2.24, 2.45) is 5.10 Å². The van der Waals surface area contributed by atoms with Crippen LogP contribution in [-0.2, 0) is 10.5 Å². The van der Waals surface area contributed by atoms with Crippen molar-refractivity contribution >= 4 is 45.0 Å². The van der Waals surface area contributed by atoms with Gasteiger partial charge in [-0.25, -0.2) is 5.43 Å². The van der Waals surface area contributed by atoms with Gasteiger partial charge < -0.3 is 0 Å². The second-order valence-electron chi connectivity index (χ2n) is 5.12. The fourth-order valence-corrected chi connectivity index (χ4v) is 3.37. The smallest absolute Gasteiger partial charge is 0.269 e. The Morgan fingerprint density at radius 3 is 2.56 bits per heavy atom. The number of hydrazone groups is 1. The highest BCUT2D eigenvalue weighted by Gasteiger charge is 2.07. The van der Waals surface area contributed by atoms with E-state index in [0.29, 0.717) is 17.0 Å². The summed E-state index contributed by atoms with van der Waals surface area (Å²) in [7, 11) is 0. The van der Waals surface area contributed by atoms with Crippen LogP contribution in [0.25, 0.3) is 0 Å². The quantitative estimate of drug-likeness (QED) is 0.413. The van der Waals surface area contributed by atoms with Crippen molar-refractivity contribution in [3.63, 3.8) is 0 Å². The summed E-state index contributed by atoms with van der Waals surface area (Å²) in [5, 5.41) is 14.7. The molecule has 2 rings (SSSR count). The Balaban J connectivity index is 1.82. The van der Waals surface area contributed by atoms with E-state index in [9.17, 15) is 14.9 Å². The van der Waals surface area contributed by atoms with Crippen LogP contribution in [0.5, 0.6) is 0 Å². The monoisotopic (exact) mass is 421 g/mol. The molecule has 0 aliphatic heterocycles. The van der Waals surface area contributed by atoms with E-state index in [-0.39, 0.29) is 11.6 Å². The predicted molar refractivity (Wildman–Crippen MR) is 104 cm³/mol. The molecule has 0 saturated carbocycles. The molecule has 2 aromatic carbocycles. The van der Waals surface area contributed by atoms with E-state index in [1.807, 2.05) is 24.3 Å². The minimum absolute atomic E-state index is 0.0176. The lowest BCUT2D eigenvalue weighted by Gasteiger charge is -2.05. The van der Waals surface area contributed by atoms with Crippen LogP contribution in [-0.4, -0.2) is 22.3 Å². The van der Waals surface area contributed by atoms with Crippen LogP contribution in [0.3, 0.4) is 0 Å². The maximum absolute atomic E-state index is 11.9. The highest BCUT2D eigenvalue weighted by molar-refractivity contribution is 9.10. The summed E-state index contributed by atoms with van der Waals surface area (Å²) in [4.78, 5) is 22.0. The van der Waals surface area contributed by atoms with Crippen molar-refractivity contribution in [2.45, 2.75) is 12.7 Å². The lowest BCUT2D eigenvalue weighted by molar-refractivity contribution is -0.384. The van der Waals surface area contributed by atoms with Crippen molar-refractivity contribution in [2.75, 3.05) is 5.75 Å². The molecule has 0 unspecified atom stereocenters. The highest BCUT2D eigenvalue weighted by atomic mass is 79.9. The van der Waals surface area contributed by atoms with Gasteiger partial charge in [-0.3, -0.25) is 14.9 Å². The van der Waals surface area contributed by atoms with Crippen molar-refractivity contribution in [3.8, 4) is 0 Å². The minimum Gasteiger partial charge on any atom is -0.272 e. The van der Waals surface area contributed by atoms with Gasteiger partial charge in [0.1, 0.15) is 0 Å². The topological polar surface area (TPSA) is 84.6 Å². The fraction of sp³-hybridized carbons (Fsp3) is 0.176. The molecule has 0 aliphatic carbocycles. The zero-order valence-corrected chi connectivity index (χ0v) is 15.8. The third-order valence-electron chi connectivity index (χ3n) is 3.29. The SMILES string of the molecule is C/C(=N/NC(=O)CSCc1ccccc1Br)c1ccc([N+](=O)[O-])cc1. The van der Waals surface area contributed by atoms with Crippen LogP contribution in [0.2, 0.25) is 0 Å². The second-order valence-corrected chi connectivity index (χ2v) is 6.96. The molecule has 0 spiro atoms. The van der Waals surface area contributed by atoms with Gasteiger partial charge in [0.15, 0.2) is 0 Å². The Hall–Kier alpha value is -2.19. The first-order chi connectivity index (χ1) is 12.0. The van der Waals surface area contributed by atoms with Gasteiger partial charge in [0.05, 0.1) is 16.4 Å². The average Bonchev–Trinajstić information content (AvgIpc) is 2.61. The molecule has 0 aliphatic rings. The molecule has 25 heavy (non-hydrogen) atoms. The summed E-state index contributed by atoms with van der Waals surface area (Å²) < 4.78 is 1.02. The van der Waals surface area contributed by atoms with Crippen molar-refractivity contribution < 1.29 is 9.72 Å². The van der Waals surface area contributed by atoms with Gasteiger partial charge in [0.2, 0.25) is 5.91 Å². The Bertz CT molecular complexity index is 794. The number of benzene rings is 2. The number of nitrogens with zero attached hydrogens (tertiary/aromatic N) is 2. The first-order valence-corrected chi connectivity index (χ1v) is 9.31. The molecule has 6 nitrogen and oxygen atoms in total. The molecule has 130 valence electrons. The van der Waals surface area contributed by atoms with Gasteiger partial charge in [-0.1, -0.05) is 34.1 Å². The summed E-state index contributed by atoms with van der Waals surface area (Å²) in [5.74, 6) is 0.816. The summed E-state index contributed by atoms with van der Waals surface area (Å²) >= 11 is 4.97. The standard InChI is InChI=1S/C17H16BrN3O3S/c1-12(13-6-8-15(9-7-13)21(23)24)19-20-17(22)11-25-10-14-4-2-3-5-16(14)18/h2-9H,10-11H2,1H3,(H,20,22)/b19-12-. The molecule has 0 aromatic heterocycles. The summed E-state index contributed by atoms with van der Waals surface area (Å²) in [6, 6.07) is 13.9. The van der Waals surface area contributed by atoms with Gasteiger partial charge in [0, 0.05) is 22.4 Å². The number of amides is 1. The number of carbonyl (C=O) groups is 1. The summed E-state index contributed by atoms with van der Waals surface area (Å²) in [6.07, 6.45) is 0.